The molecule has 2 aliphatic heterocycles. The van der Waals surface area contributed by atoms with Crippen molar-refractivity contribution in [2.45, 2.75) is 24.7 Å². The maximum absolute atomic E-state index is 13.9. The van der Waals surface area contributed by atoms with E-state index in [-0.39, 0.29) is 24.7 Å². The third kappa shape index (κ3) is 3.88. The molecule has 0 saturated heterocycles. The molecule has 32 heavy (non-hydrogen) atoms. The van der Waals surface area contributed by atoms with Crippen LogP contribution < -0.4 is 20.1 Å². The van der Waals surface area contributed by atoms with Gasteiger partial charge in [-0.15, -0.1) is 0 Å². The lowest BCUT2D eigenvalue weighted by Crippen LogP contribution is -2.35. The zero-order chi connectivity index (χ0) is 22.5. The minimum absolute atomic E-state index is 0.0751. The summed E-state index contributed by atoms with van der Waals surface area (Å²) in [6, 6.07) is 10.7. The van der Waals surface area contributed by atoms with Crippen LogP contribution in [0.25, 0.3) is 0 Å². The van der Waals surface area contributed by atoms with Gasteiger partial charge in [0.05, 0.1) is 6.04 Å². The second-order valence-electron chi connectivity index (χ2n) is 7.42. The van der Waals surface area contributed by atoms with E-state index in [0.717, 1.165) is 9.15 Å². The highest BCUT2D eigenvalue weighted by Crippen LogP contribution is 2.45. The zero-order valence-electron chi connectivity index (χ0n) is 16.3. The predicted octanol–water partition coefficient (Wildman–Crippen LogP) is 5.29. The summed E-state index contributed by atoms with van der Waals surface area (Å²) in [5.74, 6) is 0.550. The number of aromatic nitrogens is 2. The van der Waals surface area contributed by atoms with Gasteiger partial charge in [0, 0.05) is 22.6 Å². The maximum Gasteiger partial charge on any atom is 0.410 e. The van der Waals surface area contributed by atoms with Crippen LogP contribution in [0.4, 0.5) is 24.7 Å². The van der Waals surface area contributed by atoms with Crippen LogP contribution in [0.5, 0.6) is 11.5 Å². The van der Waals surface area contributed by atoms with Crippen LogP contribution in [-0.2, 0) is 0 Å². The first-order valence-electron chi connectivity index (χ1n) is 9.67. The Morgan fingerprint density at radius 1 is 1.12 bits per heavy atom. The molecule has 0 bridgehead atoms. The molecule has 2 aliphatic rings. The van der Waals surface area contributed by atoms with Crippen LogP contribution in [0, 0.1) is 0 Å². The number of carbonyl (C=O) groups is 1. The van der Waals surface area contributed by atoms with E-state index in [9.17, 15) is 18.0 Å². The van der Waals surface area contributed by atoms with Gasteiger partial charge in [0.15, 0.2) is 23.2 Å². The quantitative estimate of drug-likeness (QED) is 0.502. The van der Waals surface area contributed by atoms with E-state index in [2.05, 4.69) is 31.7 Å². The van der Waals surface area contributed by atoms with Gasteiger partial charge in [-0.1, -0.05) is 22.0 Å². The number of fused-ring (bicyclic) bond motifs is 2. The van der Waals surface area contributed by atoms with E-state index in [1.165, 1.54) is 6.07 Å². The van der Waals surface area contributed by atoms with E-state index in [4.69, 9.17) is 9.47 Å². The van der Waals surface area contributed by atoms with Gasteiger partial charge in [0.2, 0.25) is 6.79 Å². The predicted molar refractivity (Wildman–Crippen MR) is 113 cm³/mol. The van der Waals surface area contributed by atoms with Crippen molar-refractivity contribution in [2.75, 3.05) is 17.4 Å². The van der Waals surface area contributed by atoms with E-state index >= 15 is 0 Å². The van der Waals surface area contributed by atoms with Crippen molar-refractivity contribution in [1.29, 1.82) is 0 Å². The molecule has 7 nitrogen and oxygen atoms in total. The Morgan fingerprint density at radius 3 is 2.62 bits per heavy atom. The molecule has 0 saturated carbocycles. The van der Waals surface area contributed by atoms with Crippen LogP contribution in [-0.4, -0.2) is 28.7 Å². The van der Waals surface area contributed by atoms with Crippen molar-refractivity contribution in [3.8, 4) is 11.5 Å². The lowest BCUT2D eigenvalue weighted by atomic mass is 9.96. The molecule has 0 spiro atoms. The number of nitrogens with one attached hydrogen (secondary N) is 2. The van der Waals surface area contributed by atoms with E-state index in [1.807, 2.05) is 0 Å². The summed E-state index contributed by atoms with van der Waals surface area (Å²) in [7, 11) is 0. The number of anilines is 2. The number of amides is 1. The minimum Gasteiger partial charge on any atom is -0.454 e. The van der Waals surface area contributed by atoms with Gasteiger partial charge >= 0.3 is 6.18 Å². The molecular weight excluding hydrogens is 493 g/mol. The topological polar surface area (TPSA) is 77.4 Å². The molecule has 166 valence electrons. The molecule has 1 aromatic heterocycles. The van der Waals surface area contributed by atoms with Gasteiger partial charge in [-0.05, 0) is 42.0 Å². The number of benzene rings is 2. The Kier molecular flexibility index (Phi) is 5.00. The normalized spacial score (nSPS) is 19.2. The van der Waals surface area contributed by atoms with Gasteiger partial charge in [0.25, 0.3) is 5.91 Å². The molecular formula is C21H16BrF3N4O3. The Morgan fingerprint density at radius 2 is 1.88 bits per heavy atom. The molecule has 5 rings (SSSR count). The fourth-order valence-corrected chi connectivity index (χ4v) is 4.03. The smallest absolute Gasteiger partial charge is 0.410 e. The molecule has 3 heterocycles. The van der Waals surface area contributed by atoms with E-state index in [0.29, 0.717) is 22.7 Å². The molecule has 1 amide bonds. The molecule has 2 aromatic carbocycles. The first-order valence-corrected chi connectivity index (χ1v) is 10.5. The SMILES string of the molecule is O=C(Nc1ccc(Br)cc1)c1cc2n(n1)[C@H](C(F)(F)F)C[C@@H](c1ccc3c(c1)OCO3)N2. The van der Waals surface area contributed by atoms with Crippen molar-refractivity contribution in [1.82, 2.24) is 9.78 Å². The minimum atomic E-state index is -4.54. The highest BCUT2D eigenvalue weighted by atomic mass is 79.9. The average Bonchev–Trinajstić information content (AvgIpc) is 3.40. The Bertz CT molecular complexity index is 1180. The fourth-order valence-electron chi connectivity index (χ4n) is 3.76. The Balaban J connectivity index is 1.44. The lowest BCUT2D eigenvalue weighted by molar-refractivity contribution is -0.173. The first kappa shape index (κ1) is 20.7. The number of alkyl halides is 3. The second-order valence-corrected chi connectivity index (χ2v) is 8.34. The summed E-state index contributed by atoms with van der Waals surface area (Å²) in [6.07, 6.45) is -4.83. The monoisotopic (exact) mass is 508 g/mol. The Hall–Kier alpha value is -3.21. The molecule has 0 radical (unpaired) electrons. The molecule has 0 fully saturated rings. The van der Waals surface area contributed by atoms with E-state index in [1.54, 1.807) is 42.5 Å². The molecule has 2 N–H and O–H groups in total. The van der Waals surface area contributed by atoms with Crippen molar-refractivity contribution in [3.05, 3.63) is 64.3 Å². The summed E-state index contributed by atoms with van der Waals surface area (Å²) in [6.45, 7) is 0.0751. The number of hydrogen-bond donors (Lipinski definition) is 2. The maximum atomic E-state index is 13.9. The van der Waals surface area contributed by atoms with Crippen molar-refractivity contribution >= 4 is 33.3 Å². The summed E-state index contributed by atoms with van der Waals surface area (Å²) in [4.78, 5) is 12.6. The Labute approximate surface area is 188 Å². The van der Waals surface area contributed by atoms with Crippen LogP contribution in [0.2, 0.25) is 0 Å². The second kappa shape index (κ2) is 7.73. The number of carbonyl (C=O) groups excluding carboxylic acids is 1. The first-order chi connectivity index (χ1) is 15.3. The third-order valence-corrected chi connectivity index (χ3v) is 5.85. The third-order valence-electron chi connectivity index (χ3n) is 5.32. The van der Waals surface area contributed by atoms with Crippen LogP contribution >= 0.6 is 15.9 Å². The summed E-state index contributed by atoms with van der Waals surface area (Å²) in [5, 5.41) is 9.68. The standard InChI is InChI=1S/C21H16BrF3N4O3/c22-12-2-4-13(5-3-12)26-20(30)15-9-19-27-14(8-18(21(23,24)25)29(19)28-15)11-1-6-16-17(7-11)32-10-31-16/h1-7,9,14,18,27H,8,10H2,(H,26,30)/t14-,18-/m0/s1. The number of nitrogens with zero attached hydrogens (tertiary/aromatic N) is 2. The number of halogens is 4. The number of rotatable bonds is 3. The van der Waals surface area contributed by atoms with Gasteiger partial charge < -0.3 is 20.1 Å². The highest BCUT2D eigenvalue weighted by molar-refractivity contribution is 9.10. The van der Waals surface area contributed by atoms with Gasteiger partial charge in [0.1, 0.15) is 5.82 Å². The fraction of sp³-hybridized carbons (Fsp3) is 0.238. The van der Waals surface area contributed by atoms with Crippen molar-refractivity contribution in [3.63, 3.8) is 0 Å². The van der Waals surface area contributed by atoms with E-state index < -0.39 is 24.2 Å². The molecule has 11 heteroatoms. The number of ether oxygens (including phenoxy) is 2. The van der Waals surface area contributed by atoms with Gasteiger partial charge in [-0.3, -0.25) is 4.79 Å². The average molecular weight is 509 g/mol. The number of hydrogen-bond acceptors (Lipinski definition) is 5. The van der Waals surface area contributed by atoms with Gasteiger partial charge in [-0.25, -0.2) is 4.68 Å². The van der Waals surface area contributed by atoms with Crippen molar-refractivity contribution in [2.24, 2.45) is 0 Å². The van der Waals surface area contributed by atoms with Gasteiger partial charge in [-0.2, -0.15) is 18.3 Å². The summed E-state index contributed by atoms with van der Waals surface area (Å²) >= 11 is 3.30. The molecule has 0 unspecified atom stereocenters. The van der Waals surface area contributed by atoms with Crippen LogP contribution in [0.3, 0.4) is 0 Å². The summed E-state index contributed by atoms with van der Waals surface area (Å²) < 4.78 is 53.9. The summed E-state index contributed by atoms with van der Waals surface area (Å²) in [5.41, 5.74) is 1.01. The zero-order valence-corrected chi connectivity index (χ0v) is 17.9. The van der Waals surface area contributed by atoms with Crippen LogP contribution in [0.1, 0.15) is 34.6 Å². The molecule has 2 atom stereocenters. The van der Waals surface area contributed by atoms with Crippen molar-refractivity contribution < 1.29 is 27.4 Å². The van der Waals surface area contributed by atoms with Crippen LogP contribution in [0.15, 0.2) is 53.0 Å². The molecule has 3 aromatic rings. The highest BCUT2D eigenvalue weighted by Gasteiger charge is 2.47. The molecule has 0 aliphatic carbocycles. The lowest BCUT2D eigenvalue weighted by Gasteiger charge is -2.33. The largest absolute Gasteiger partial charge is 0.454 e.